The van der Waals surface area contributed by atoms with Crippen molar-refractivity contribution in [3.63, 3.8) is 0 Å². The summed E-state index contributed by atoms with van der Waals surface area (Å²) in [5.74, 6) is 0.671. The Labute approximate surface area is 169 Å². The molecule has 1 aliphatic rings. The number of imidazole rings is 1. The van der Waals surface area contributed by atoms with Gasteiger partial charge in [0.05, 0.1) is 11.0 Å². The summed E-state index contributed by atoms with van der Waals surface area (Å²) in [6.07, 6.45) is 2.03. The number of fused-ring (bicyclic) bond motifs is 1. The van der Waals surface area contributed by atoms with Crippen molar-refractivity contribution in [3.05, 3.63) is 59.9 Å². The molecule has 0 bridgehead atoms. The van der Waals surface area contributed by atoms with E-state index in [0.717, 1.165) is 29.7 Å². The normalized spacial score (nSPS) is 16.1. The number of anilines is 1. The van der Waals surface area contributed by atoms with Crippen LogP contribution in [0, 0.1) is 0 Å². The Balaban J connectivity index is 1.41. The lowest BCUT2D eigenvalue weighted by atomic mass is 10.2. The standard InChI is InChI=1S/C22H24N4O3/c1-26-18-10-9-16(24-21(27)15-6-3-2-4-7-15)14-17(18)25-20(26)11-12-23-22(28)19-8-5-13-29-19/h2-4,6-7,9-10,14,19H,5,8,11-13H2,1H3,(H,23,28)(H,24,27). The number of hydrogen-bond donors (Lipinski definition) is 2. The molecular weight excluding hydrogens is 368 g/mol. The van der Waals surface area contributed by atoms with Crippen molar-refractivity contribution in [1.82, 2.24) is 14.9 Å². The smallest absolute Gasteiger partial charge is 0.255 e. The molecule has 1 aromatic heterocycles. The van der Waals surface area contributed by atoms with Crippen LogP contribution in [-0.2, 0) is 23.0 Å². The molecule has 2 heterocycles. The predicted octanol–water partition coefficient (Wildman–Crippen LogP) is 2.66. The van der Waals surface area contributed by atoms with Gasteiger partial charge in [-0.05, 0) is 43.2 Å². The fourth-order valence-electron chi connectivity index (χ4n) is 3.54. The van der Waals surface area contributed by atoms with Crippen molar-refractivity contribution in [2.45, 2.75) is 25.4 Å². The highest BCUT2D eigenvalue weighted by atomic mass is 16.5. The number of ether oxygens (including phenoxy) is 1. The van der Waals surface area contributed by atoms with E-state index in [1.54, 1.807) is 12.1 Å². The second kappa shape index (κ2) is 8.45. The molecule has 7 heteroatoms. The molecule has 1 atom stereocenters. The summed E-state index contributed by atoms with van der Waals surface area (Å²) in [4.78, 5) is 29.1. The maximum absolute atomic E-state index is 12.3. The number of hydrogen-bond acceptors (Lipinski definition) is 4. The van der Waals surface area contributed by atoms with Crippen LogP contribution in [0.1, 0.15) is 29.0 Å². The number of carbonyl (C=O) groups excluding carboxylic acids is 2. The molecule has 4 rings (SSSR count). The molecule has 2 N–H and O–H groups in total. The van der Waals surface area contributed by atoms with Crippen LogP contribution in [0.2, 0.25) is 0 Å². The zero-order valence-corrected chi connectivity index (χ0v) is 16.4. The Bertz CT molecular complexity index is 1020. The molecule has 1 unspecified atom stereocenters. The molecule has 29 heavy (non-hydrogen) atoms. The summed E-state index contributed by atoms with van der Waals surface area (Å²) in [6, 6.07) is 14.8. The van der Waals surface area contributed by atoms with Gasteiger partial charge in [0, 0.05) is 37.9 Å². The van der Waals surface area contributed by atoms with Crippen molar-refractivity contribution >= 4 is 28.5 Å². The Morgan fingerprint density at radius 3 is 2.79 bits per heavy atom. The maximum atomic E-state index is 12.3. The molecule has 7 nitrogen and oxygen atoms in total. The third-order valence-corrected chi connectivity index (χ3v) is 5.14. The van der Waals surface area contributed by atoms with E-state index in [-0.39, 0.29) is 17.9 Å². The molecule has 1 fully saturated rings. The first-order valence-corrected chi connectivity index (χ1v) is 9.83. The van der Waals surface area contributed by atoms with E-state index in [2.05, 4.69) is 15.6 Å². The van der Waals surface area contributed by atoms with Crippen molar-refractivity contribution in [2.75, 3.05) is 18.5 Å². The van der Waals surface area contributed by atoms with Gasteiger partial charge in [-0.25, -0.2) is 4.98 Å². The second-order valence-corrected chi connectivity index (χ2v) is 7.15. The van der Waals surface area contributed by atoms with Crippen LogP contribution in [0.25, 0.3) is 11.0 Å². The Kier molecular flexibility index (Phi) is 5.57. The summed E-state index contributed by atoms with van der Waals surface area (Å²) in [5, 5.41) is 5.84. The first kappa shape index (κ1) is 19.1. The number of nitrogens with one attached hydrogen (secondary N) is 2. The minimum Gasteiger partial charge on any atom is -0.368 e. The molecular formula is C22H24N4O3. The average molecular weight is 392 g/mol. The molecule has 1 aliphatic heterocycles. The van der Waals surface area contributed by atoms with Gasteiger partial charge in [0.1, 0.15) is 11.9 Å². The van der Waals surface area contributed by atoms with Gasteiger partial charge >= 0.3 is 0 Å². The summed E-state index contributed by atoms with van der Waals surface area (Å²) >= 11 is 0. The van der Waals surface area contributed by atoms with Crippen molar-refractivity contribution < 1.29 is 14.3 Å². The first-order valence-electron chi connectivity index (χ1n) is 9.83. The van der Waals surface area contributed by atoms with Gasteiger partial charge in [0.15, 0.2) is 0 Å². The van der Waals surface area contributed by atoms with Crippen molar-refractivity contribution in [1.29, 1.82) is 0 Å². The number of aryl methyl sites for hydroxylation is 1. The molecule has 1 saturated heterocycles. The number of amides is 2. The summed E-state index contributed by atoms with van der Waals surface area (Å²) < 4.78 is 7.41. The predicted molar refractivity (Wildman–Crippen MR) is 111 cm³/mol. The second-order valence-electron chi connectivity index (χ2n) is 7.15. The van der Waals surface area contributed by atoms with E-state index in [0.29, 0.717) is 30.8 Å². The van der Waals surface area contributed by atoms with E-state index in [1.807, 2.05) is 48.0 Å². The van der Waals surface area contributed by atoms with Gasteiger partial charge < -0.3 is 19.9 Å². The molecule has 2 aromatic carbocycles. The van der Waals surface area contributed by atoms with E-state index >= 15 is 0 Å². The fourth-order valence-corrected chi connectivity index (χ4v) is 3.54. The third kappa shape index (κ3) is 4.30. The lowest BCUT2D eigenvalue weighted by Crippen LogP contribution is -2.35. The van der Waals surface area contributed by atoms with Crippen LogP contribution in [0.4, 0.5) is 5.69 Å². The number of rotatable bonds is 6. The van der Waals surface area contributed by atoms with Gasteiger partial charge in [0.25, 0.3) is 5.91 Å². The average Bonchev–Trinajstić information content (AvgIpc) is 3.37. The third-order valence-electron chi connectivity index (χ3n) is 5.14. The lowest BCUT2D eigenvalue weighted by molar-refractivity contribution is -0.130. The van der Waals surface area contributed by atoms with Crippen molar-refractivity contribution in [2.24, 2.45) is 7.05 Å². The van der Waals surface area contributed by atoms with E-state index in [4.69, 9.17) is 4.74 Å². The van der Waals surface area contributed by atoms with Gasteiger partial charge in [-0.1, -0.05) is 18.2 Å². The number of carbonyl (C=O) groups is 2. The van der Waals surface area contributed by atoms with Crippen LogP contribution >= 0.6 is 0 Å². The van der Waals surface area contributed by atoms with Crippen LogP contribution in [0.3, 0.4) is 0 Å². The summed E-state index contributed by atoms with van der Waals surface area (Å²) in [6.45, 7) is 1.17. The Morgan fingerprint density at radius 2 is 2.03 bits per heavy atom. The minimum absolute atomic E-state index is 0.0489. The quantitative estimate of drug-likeness (QED) is 0.675. The number of benzene rings is 2. The maximum Gasteiger partial charge on any atom is 0.255 e. The number of nitrogens with zero attached hydrogens (tertiary/aromatic N) is 2. The molecule has 0 spiro atoms. The highest BCUT2D eigenvalue weighted by Gasteiger charge is 2.23. The first-order chi connectivity index (χ1) is 14.1. The topological polar surface area (TPSA) is 85.2 Å². The Hall–Kier alpha value is -3.19. The molecule has 3 aromatic rings. The van der Waals surface area contributed by atoms with Crippen LogP contribution in [0.15, 0.2) is 48.5 Å². The lowest BCUT2D eigenvalue weighted by Gasteiger charge is -2.10. The molecule has 0 radical (unpaired) electrons. The van der Waals surface area contributed by atoms with E-state index < -0.39 is 0 Å². The van der Waals surface area contributed by atoms with Gasteiger partial charge in [-0.15, -0.1) is 0 Å². The zero-order chi connectivity index (χ0) is 20.2. The largest absolute Gasteiger partial charge is 0.368 e. The zero-order valence-electron chi connectivity index (χ0n) is 16.4. The van der Waals surface area contributed by atoms with Gasteiger partial charge in [0.2, 0.25) is 5.91 Å². The van der Waals surface area contributed by atoms with Crippen LogP contribution in [-0.4, -0.2) is 40.6 Å². The van der Waals surface area contributed by atoms with Gasteiger partial charge in [-0.3, -0.25) is 9.59 Å². The van der Waals surface area contributed by atoms with Gasteiger partial charge in [-0.2, -0.15) is 0 Å². The van der Waals surface area contributed by atoms with Crippen LogP contribution < -0.4 is 10.6 Å². The monoisotopic (exact) mass is 392 g/mol. The summed E-state index contributed by atoms with van der Waals surface area (Å²) in [7, 11) is 1.95. The molecule has 0 saturated carbocycles. The van der Waals surface area contributed by atoms with E-state index in [1.165, 1.54) is 0 Å². The molecule has 150 valence electrons. The molecule has 2 amide bonds. The summed E-state index contributed by atoms with van der Waals surface area (Å²) in [5.41, 5.74) is 3.08. The van der Waals surface area contributed by atoms with E-state index in [9.17, 15) is 9.59 Å². The SMILES string of the molecule is Cn1c(CCNC(=O)C2CCCO2)nc2cc(NC(=O)c3ccccc3)ccc21. The minimum atomic E-state index is -0.314. The Morgan fingerprint density at radius 1 is 1.21 bits per heavy atom. The van der Waals surface area contributed by atoms with Crippen LogP contribution in [0.5, 0.6) is 0 Å². The molecule has 0 aliphatic carbocycles. The highest BCUT2D eigenvalue weighted by molar-refractivity contribution is 6.04. The fraction of sp³-hybridized carbons (Fsp3) is 0.318. The highest BCUT2D eigenvalue weighted by Crippen LogP contribution is 2.20. The number of aromatic nitrogens is 2. The van der Waals surface area contributed by atoms with Crippen molar-refractivity contribution in [3.8, 4) is 0 Å².